The van der Waals surface area contributed by atoms with Gasteiger partial charge in [0.25, 0.3) is 5.91 Å². The Balaban J connectivity index is 1.93. The minimum Gasteiger partial charge on any atom is -0.460 e. The van der Waals surface area contributed by atoms with Crippen LogP contribution in [0.4, 0.5) is 4.79 Å². The zero-order valence-corrected chi connectivity index (χ0v) is 13.0. The number of carbonyl (C=O) groups is 3. The molecule has 1 aliphatic heterocycles. The van der Waals surface area contributed by atoms with Crippen molar-refractivity contribution in [3.8, 4) is 0 Å². The van der Waals surface area contributed by atoms with Crippen molar-refractivity contribution in [3.05, 3.63) is 0 Å². The molecule has 1 aliphatic carbocycles. The molecule has 0 aromatic rings. The van der Waals surface area contributed by atoms with Gasteiger partial charge in [0.05, 0.1) is 6.42 Å². The van der Waals surface area contributed by atoms with Crippen molar-refractivity contribution < 1.29 is 19.1 Å². The number of amides is 3. The molecule has 0 aromatic carbocycles. The molecule has 1 N–H and O–H groups in total. The van der Waals surface area contributed by atoms with E-state index < -0.39 is 17.1 Å². The molecule has 6 heteroatoms. The highest BCUT2D eigenvalue weighted by Crippen LogP contribution is 2.33. The monoisotopic (exact) mass is 296 g/mol. The van der Waals surface area contributed by atoms with Crippen LogP contribution in [0.1, 0.15) is 59.3 Å². The molecule has 2 rings (SSSR count). The van der Waals surface area contributed by atoms with Gasteiger partial charge in [-0.1, -0.05) is 19.3 Å². The van der Waals surface area contributed by atoms with E-state index in [9.17, 15) is 14.4 Å². The first-order valence-electron chi connectivity index (χ1n) is 7.59. The van der Waals surface area contributed by atoms with E-state index in [2.05, 4.69) is 5.32 Å². The summed E-state index contributed by atoms with van der Waals surface area (Å²) in [5.41, 5.74) is -1.28. The predicted molar refractivity (Wildman–Crippen MR) is 76.5 cm³/mol. The van der Waals surface area contributed by atoms with E-state index in [1.54, 1.807) is 20.8 Å². The molecule has 1 saturated carbocycles. The van der Waals surface area contributed by atoms with E-state index in [0.29, 0.717) is 12.8 Å². The molecular formula is C15H24N2O4. The summed E-state index contributed by atoms with van der Waals surface area (Å²) >= 11 is 0. The molecule has 2 fully saturated rings. The third-order valence-electron chi connectivity index (χ3n) is 3.91. The van der Waals surface area contributed by atoms with Crippen LogP contribution < -0.4 is 5.32 Å². The Labute approximate surface area is 125 Å². The summed E-state index contributed by atoms with van der Waals surface area (Å²) in [6.45, 7) is 5.45. The average molecular weight is 296 g/mol. The number of hydrogen-bond donors (Lipinski definition) is 1. The van der Waals surface area contributed by atoms with Crippen LogP contribution in [-0.2, 0) is 14.3 Å². The first-order valence-corrected chi connectivity index (χ1v) is 7.59. The van der Waals surface area contributed by atoms with Crippen LogP contribution in [0.3, 0.4) is 0 Å². The lowest BCUT2D eigenvalue weighted by molar-refractivity contribution is -0.155. The van der Waals surface area contributed by atoms with E-state index in [-0.39, 0.29) is 24.9 Å². The van der Waals surface area contributed by atoms with Gasteiger partial charge in [-0.15, -0.1) is 0 Å². The second kappa shape index (κ2) is 5.66. The fourth-order valence-corrected chi connectivity index (χ4v) is 2.97. The van der Waals surface area contributed by atoms with Gasteiger partial charge >= 0.3 is 12.0 Å². The molecule has 0 bridgehead atoms. The maximum absolute atomic E-state index is 12.5. The molecule has 1 saturated heterocycles. The number of esters is 1. The number of rotatable bonds is 3. The van der Waals surface area contributed by atoms with Crippen LogP contribution in [0.25, 0.3) is 0 Å². The molecule has 0 atom stereocenters. The smallest absolute Gasteiger partial charge is 0.325 e. The van der Waals surface area contributed by atoms with Crippen LogP contribution in [0, 0.1) is 0 Å². The number of nitrogens with zero attached hydrogens (tertiary/aromatic N) is 1. The normalized spacial score (nSPS) is 21.6. The van der Waals surface area contributed by atoms with Crippen molar-refractivity contribution in [2.75, 3.05) is 6.54 Å². The highest BCUT2D eigenvalue weighted by atomic mass is 16.6. The van der Waals surface area contributed by atoms with Crippen LogP contribution in [0.15, 0.2) is 0 Å². The fraction of sp³-hybridized carbons (Fsp3) is 0.800. The summed E-state index contributed by atoms with van der Waals surface area (Å²) < 4.78 is 5.20. The van der Waals surface area contributed by atoms with Crippen molar-refractivity contribution >= 4 is 17.9 Å². The summed E-state index contributed by atoms with van der Waals surface area (Å²) in [4.78, 5) is 37.3. The molecule has 1 heterocycles. The molecule has 21 heavy (non-hydrogen) atoms. The number of hydrogen-bond acceptors (Lipinski definition) is 4. The van der Waals surface area contributed by atoms with Crippen molar-refractivity contribution in [2.24, 2.45) is 0 Å². The van der Waals surface area contributed by atoms with E-state index >= 15 is 0 Å². The molecule has 1 spiro atoms. The van der Waals surface area contributed by atoms with Crippen molar-refractivity contribution in [1.82, 2.24) is 10.2 Å². The second-order valence-electron chi connectivity index (χ2n) is 6.87. The highest BCUT2D eigenvalue weighted by molar-refractivity contribution is 6.07. The summed E-state index contributed by atoms with van der Waals surface area (Å²) in [5, 5.41) is 2.83. The zero-order valence-electron chi connectivity index (χ0n) is 13.0. The minimum atomic E-state index is -0.719. The molecule has 118 valence electrons. The minimum absolute atomic E-state index is 0.0342. The number of carbonyl (C=O) groups excluding carboxylic acids is 3. The highest BCUT2D eigenvalue weighted by Gasteiger charge is 2.51. The summed E-state index contributed by atoms with van der Waals surface area (Å²) in [6, 6.07) is -0.384. The third kappa shape index (κ3) is 3.54. The summed E-state index contributed by atoms with van der Waals surface area (Å²) in [5.74, 6) is -0.580. The lowest BCUT2D eigenvalue weighted by Gasteiger charge is -2.30. The van der Waals surface area contributed by atoms with Gasteiger partial charge in [0, 0.05) is 6.54 Å². The van der Waals surface area contributed by atoms with E-state index in [1.807, 2.05) is 0 Å². The molecule has 2 aliphatic rings. The molecule has 0 radical (unpaired) electrons. The summed E-state index contributed by atoms with van der Waals surface area (Å²) in [6.07, 6.45) is 4.42. The number of imide groups is 1. The Kier molecular flexibility index (Phi) is 4.25. The molecule has 6 nitrogen and oxygen atoms in total. The third-order valence-corrected chi connectivity index (χ3v) is 3.91. The average Bonchev–Trinajstić information content (AvgIpc) is 2.58. The van der Waals surface area contributed by atoms with E-state index in [0.717, 1.165) is 24.2 Å². The maximum atomic E-state index is 12.5. The molecule has 3 amide bonds. The van der Waals surface area contributed by atoms with Gasteiger partial charge in [-0.05, 0) is 33.6 Å². The van der Waals surface area contributed by atoms with Crippen LogP contribution in [0.5, 0.6) is 0 Å². The first kappa shape index (κ1) is 15.8. The quantitative estimate of drug-likeness (QED) is 0.638. The predicted octanol–water partition coefficient (Wildman–Crippen LogP) is 1.97. The van der Waals surface area contributed by atoms with Crippen LogP contribution in [0.2, 0.25) is 0 Å². The Hall–Kier alpha value is -1.59. The van der Waals surface area contributed by atoms with Crippen molar-refractivity contribution in [2.45, 2.75) is 70.4 Å². The molecular weight excluding hydrogens is 272 g/mol. The van der Waals surface area contributed by atoms with Gasteiger partial charge in [0.1, 0.15) is 11.1 Å². The standard InChI is InChI=1S/C15H24N2O4/c1-14(2,3)21-11(18)7-10-17-12(19)15(16-13(17)20)8-5-4-6-9-15/h4-10H2,1-3H3,(H,16,20). The largest absolute Gasteiger partial charge is 0.460 e. The topological polar surface area (TPSA) is 75.7 Å². The van der Waals surface area contributed by atoms with Gasteiger partial charge in [0.2, 0.25) is 0 Å². The maximum Gasteiger partial charge on any atom is 0.325 e. The van der Waals surface area contributed by atoms with Crippen molar-refractivity contribution in [3.63, 3.8) is 0 Å². The first-order chi connectivity index (χ1) is 9.73. The number of urea groups is 1. The van der Waals surface area contributed by atoms with E-state index in [4.69, 9.17) is 4.74 Å². The molecule has 0 aromatic heterocycles. The zero-order chi connectivity index (χ0) is 15.7. The van der Waals surface area contributed by atoms with Gasteiger partial charge < -0.3 is 10.1 Å². The Morgan fingerprint density at radius 1 is 1.24 bits per heavy atom. The molecule has 0 unspecified atom stereocenters. The van der Waals surface area contributed by atoms with Crippen LogP contribution >= 0.6 is 0 Å². The lowest BCUT2D eigenvalue weighted by atomic mass is 9.82. The number of nitrogens with one attached hydrogen (secondary N) is 1. The Morgan fingerprint density at radius 3 is 2.43 bits per heavy atom. The van der Waals surface area contributed by atoms with Crippen molar-refractivity contribution in [1.29, 1.82) is 0 Å². The van der Waals surface area contributed by atoms with Crippen LogP contribution in [-0.4, -0.2) is 40.5 Å². The SMILES string of the molecule is CC(C)(C)OC(=O)CCN1C(=O)NC2(CCCCC2)C1=O. The van der Waals surface area contributed by atoms with Gasteiger partial charge in [0.15, 0.2) is 0 Å². The second-order valence-corrected chi connectivity index (χ2v) is 6.87. The fourth-order valence-electron chi connectivity index (χ4n) is 2.97. The van der Waals surface area contributed by atoms with E-state index in [1.165, 1.54) is 0 Å². The lowest BCUT2D eigenvalue weighted by Crippen LogP contribution is -2.48. The van der Waals surface area contributed by atoms with Gasteiger partial charge in [-0.2, -0.15) is 0 Å². The Bertz CT molecular complexity index is 447. The van der Waals surface area contributed by atoms with Gasteiger partial charge in [-0.3, -0.25) is 14.5 Å². The summed E-state index contributed by atoms with van der Waals surface area (Å²) in [7, 11) is 0. The Morgan fingerprint density at radius 2 is 1.86 bits per heavy atom. The van der Waals surface area contributed by atoms with Gasteiger partial charge in [-0.25, -0.2) is 4.79 Å². The number of ether oxygens (including phenoxy) is 1.